The predicted molar refractivity (Wildman–Crippen MR) is 109 cm³/mol. The van der Waals surface area contributed by atoms with Crippen LogP contribution in [0.1, 0.15) is 23.2 Å². The Hall–Kier alpha value is -3.12. The van der Waals surface area contributed by atoms with Gasteiger partial charge in [-0.1, -0.05) is 30.3 Å². The summed E-state index contributed by atoms with van der Waals surface area (Å²) in [4.78, 5) is 13.0. The summed E-state index contributed by atoms with van der Waals surface area (Å²) in [5.74, 6) is 0.559. The van der Waals surface area contributed by atoms with Gasteiger partial charge in [0, 0.05) is 24.3 Å². The number of benzene rings is 2. The van der Waals surface area contributed by atoms with Crippen molar-refractivity contribution in [1.82, 2.24) is 20.4 Å². The molecule has 1 unspecified atom stereocenters. The highest BCUT2D eigenvalue weighted by atomic mass is 16.5. The Morgan fingerprint density at radius 1 is 1.21 bits per heavy atom. The lowest BCUT2D eigenvalue weighted by Gasteiger charge is -2.12. The van der Waals surface area contributed by atoms with Gasteiger partial charge in [0.2, 0.25) is 0 Å². The zero-order valence-corrected chi connectivity index (χ0v) is 15.9. The molecule has 144 valence electrons. The highest BCUT2D eigenvalue weighted by Gasteiger charge is 2.22. The summed E-state index contributed by atoms with van der Waals surface area (Å²) in [7, 11) is 1.62. The lowest BCUT2D eigenvalue weighted by atomic mass is 10.1. The summed E-state index contributed by atoms with van der Waals surface area (Å²) in [6.45, 7) is 1.62. The Balaban J connectivity index is 1.70. The monoisotopic (exact) mass is 376 g/mol. The smallest absolute Gasteiger partial charge is 0.255 e. The number of ether oxygens (including phenoxy) is 1. The molecule has 2 aromatic carbocycles. The average Bonchev–Trinajstić information content (AvgIpc) is 3.43. The van der Waals surface area contributed by atoms with E-state index >= 15 is 0 Å². The van der Waals surface area contributed by atoms with Crippen LogP contribution in [0.15, 0.2) is 60.8 Å². The molecule has 1 fully saturated rings. The van der Waals surface area contributed by atoms with Crippen molar-refractivity contribution >= 4 is 5.91 Å². The first-order chi connectivity index (χ1) is 13.8. The number of nitrogens with zero attached hydrogens (tertiary/aromatic N) is 2. The number of nitrogens with one attached hydrogen (secondary N) is 2. The summed E-state index contributed by atoms with van der Waals surface area (Å²) >= 11 is 0. The number of hydrogen-bond acceptors (Lipinski definition) is 4. The van der Waals surface area contributed by atoms with Gasteiger partial charge in [0.15, 0.2) is 0 Å². The molecule has 2 heterocycles. The number of para-hydroxylation sites is 2. The number of methoxy groups -OCH3 is 1. The summed E-state index contributed by atoms with van der Waals surface area (Å²) < 4.78 is 7.24. The van der Waals surface area contributed by atoms with Crippen LogP contribution < -0.4 is 15.4 Å². The lowest BCUT2D eigenvalue weighted by molar-refractivity contribution is 0.0951. The Morgan fingerprint density at radius 2 is 2.00 bits per heavy atom. The van der Waals surface area contributed by atoms with Gasteiger partial charge in [-0.25, -0.2) is 4.68 Å². The second-order valence-electron chi connectivity index (χ2n) is 6.88. The highest BCUT2D eigenvalue weighted by molar-refractivity contribution is 6.00. The van der Waals surface area contributed by atoms with Gasteiger partial charge >= 0.3 is 0 Å². The van der Waals surface area contributed by atoms with Crippen LogP contribution in [0, 0.1) is 0 Å². The van der Waals surface area contributed by atoms with Gasteiger partial charge < -0.3 is 15.4 Å². The maximum Gasteiger partial charge on any atom is 0.255 e. The van der Waals surface area contributed by atoms with Gasteiger partial charge in [-0.05, 0) is 43.7 Å². The van der Waals surface area contributed by atoms with Gasteiger partial charge in [-0.3, -0.25) is 4.79 Å². The van der Waals surface area contributed by atoms with Crippen LogP contribution in [0.4, 0.5) is 0 Å². The molecule has 1 atom stereocenters. The normalized spacial score (nSPS) is 16.1. The maximum atomic E-state index is 13.0. The van der Waals surface area contributed by atoms with Crippen molar-refractivity contribution in [3.05, 3.63) is 66.4 Å². The third kappa shape index (κ3) is 3.77. The second kappa shape index (κ2) is 8.27. The summed E-state index contributed by atoms with van der Waals surface area (Å²) in [5, 5.41) is 11.2. The van der Waals surface area contributed by atoms with E-state index in [9.17, 15) is 4.79 Å². The number of aromatic nitrogens is 2. The number of hydrogen-bond donors (Lipinski definition) is 2. The largest absolute Gasteiger partial charge is 0.496 e. The van der Waals surface area contributed by atoms with Crippen molar-refractivity contribution < 1.29 is 9.53 Å². The van der Waals surface area contributed by atoms with Crippen molar-refractivity contribution in [2.75, 3.05) is 20.2 Å². The van der Waals surface area contributed by atoms with Gasteiger partial charge in [-0.15, -0.1) is 0 Å². The third-order valence-electron chi connectivity index (χ3n) is 5.01. The van der Waals surface area contributed by atoms with E-state index in [2.05, 4.69) is 10.6 Å². The quantitative estimate of drug-likeness (QED) is 0.694. The third-order valence-corrected chi connectivity index (χ3v) is 5.01. The summed E-state index contributed by atoms with van der Waals surface area (Å²) in [6.07, 6.45) is 4.02. The number of carbonyl (C=O) groups is 1. The molecule has 1 saturated heterocycles. The molecule has 1 aliphatic rings. The fourth-order valence-electron chi connectivity index (χ4n) is 3.53. The standard InChI is InChI=1S/C22H24N4O2/c1-28-20-12-6-5-11-18(20)21-19(22(27)24-14-16-8-7-13-23-16)15-26(25-21)17-9-3-2-4-10-17/h2-6,9-12,15-16,23H,7-8,13-14H2,1H3,(H,24,27). The van der Waals surface area contributed by atoms with Crippen LogP contribution >= 0.6 is 0 Å². The molecule has 2 N–H and O–H groups in total. The maximum absolute atomic E-state index is 13.0. The molecule has 6 heteroatoms. The highest BCUT2D eigenvalue weighted by Crippen LogP contribution is 2.31. The Labute approximate surface area is 164 Å². The van der Waals surface area contributed by atoms with E-state index in [4.69, 9.17) is 9.84 Å². The minimum atomic E-state index is -0.128. The Morgan fingerprint density at radius 3 is 2.75 bits per heavy atom. The predicted octanol–water partition coefficient (Wildman–Crippen LogP) is 3.03. The molecular formula is C22H24N4O2. The van der Waals surface area contributed by atoms with Crippen molar-refractivity contribution in [2.24, 2.45) is 0 Å². The number of amides is 1. The van der Waals surface area contributed by atoms with E-state index in [1.54, 1.807) is 18.0 Å². The zero-order valence-electron chi connectivity index (χ0n) is 15.9. The van der Waals surface area contributed by atoms with Crippen LogP contribution in [0.5, 0.6) is 5.75 Å². The molecule has 0 aliphatic carbocycles. The first-order valence-electron chi connectivity index (χ1n) is 9.56. The van der Waals surface area contributed by atoms with Gasteiger partial charge in [-0.2, -0.15) is 5.10 Å². The molecule has 0 radical (unpaired) electrons. The first kappa shape index (κ1) is 18.3. The number of rotatable bonds is 6. The topological polar surface area (TPSA) is 68.2 Å². The minimum Gasteiger partial charge on any atom is -0.496 e. The molecular weight excluding hydrogens is 352 g/mol. The molecule has 6 nitrogen and oxygen atoms in total. The first-order valence-corrected chi connectivity index (χ1v) is 9.56. The second-order valence-corrected chi connectivity index (χ2v) is 6.88. The molecule has 3 aromatic rings. The molecule has 0 spiro atoms. The molecule has 28 heavy (non-hydrogen) atoms. The molecule has 1 aliphatic heterocycles. The SMILES string of the molecule is COc1ccccc1-c1nn(-c2ccccc2)cc1C(=O)NCC1CCCN1. The Bertz CT molecular complexity index is 946. The van der Waals surface area contributed by atoms with Gasteiger partial charge in [0.25, 0.3) is 5.91 Å². The van der Waals surface area contributed by atoms with Crippen LogP contribution in [0.2, 0.25) is 0 Å². The number of carbonyl (C=O) groups excluding carboxylic acids is 1. The van der Waals surface area contributed by atoms with Crippen molar-refractivity contribution in [3.8, 4) is 22.7 Å². The van der Waals surface area contributed by atoms with E-state index in [0.717, 1.165) is 30.6 Å². The van der Waals surface area contributed by atoms with E-state index < -0.39 is 0 Å². The minimum absolute atomic E-state index is 0.128. The van der Waals surface area contributed by atoms with Crippen LogP contribution in [-0.2, 0) is 0 Å². The average molecular weight is 376 g/mol. The van der Waals surface area contributed by atoms with Crippen molar-refractivity contribution in [1.29, 1.82) is 0 Å². The van der Waals surface area contributed by atoms with Crippen LogP contribution in [0.3, 0.4) is 0 Å². The summed E-state index contributed by atoms with van der Waals surface area (Å²) in [5.41, 5.74) is 2.84. The van der Waals surface area contributed by atoms with Gasteiger partial charge in [0.05, 0.1) is 18.4 Å². The summed E-state index contributed by atoms with van der Waals surface area (Å²) in [6, 6.07) is 17.7. The lowest BCUT2D eigenvalue weighted by Crippen LogP contribution is -2.37. The van der Waals surface area contributed by atoms with E-state index in [0.29, 0.717) is 29.6 Å². The van der Waals surface area contributed by atoms with Crippen LogP contribution in [0.25, 0.3) is 16.9 Å². The van der Waals surface area contributed by atoms with E-state index in [-0.39, 0.29) is 5.91 Å². The zero-order chi connectivity index (χ0) is 19.3. The molecule has 1 aromatic heterocycles. The van der Waals surface area contributed by atoms with Gasteiger partial charge in [0.1, 0.15) is 11.4 Å². The van der Waals surface area contributed by atoms with Crippen LogP contribution in [-0.4, -0.2) is 41.9 Å². The fourth-order valence-corrected chi connectivity index (χ4v) is 3.53. The van der Waals surface area contributed by atoms with Crippen molar-refractivity contribution in [3.63, 3.8) is 0 Å². The molecule has 0 saturated carbocycles. The van der Waals surface area contributed by atoms with E-state index in [1.165, 1.54) is 0 Å². The molecule has 0 bridgehead atoms. The van der Waals surface area contributed by atoms with Crippen molar-refractivity contribution in [2.45, 2.75) is 18.9 Å². The molecule has 1 amide bonds. The Kier molecular flexibility index (Phi) is 5.39. The van der Waals surface area contributed by atoms with E-state index in [1.807, 2.05) is 54.6 Å². The fraction of sp³-hybridized carbons (Fsp3) is 0.273. The molecule has 4 rings (SSSR count).